The standard InChI is InChI=1S/C63H57N/c1-61(2,3)47-30-35-51-46(37-47)38-48(62(4,5)6)40-57(51)52-34-29-45(43-21-13-10-14-22-43)39-56(52)55-24-16-18-26-60(55)64(49-31-27-44(28-32-49)42-19-11-9-12-20-42)50-33-36-54-53-23-15-17-25-58(53)63(7,8)59(54)41-50/h9-41H,1-8H3. The zero-order valence-electron chi connectivity index (χ0n) is 38.5. The fourth-order valence-electron chi connectivity index (χ4n) is 9.89. The highest BCUT2D eigenvalue weighted by Crippen LogP contribution is 2.52. The van der Waals surface area contributed by atoms with Crippen LogP contribution in [0.5, 0.6) is 0 Å². The SMILES string of the molecule is CC(C)(C)c1ccc2c(-c3ccc(-c4ccccc4)cc3-c3ccccc3N(c3ccc(-c4ccccc4)cc3)c3ccc4c(c3)C(C)(C)c3ccccc3-4)cc(C(C)(C)C)cc2c1. The van der Waals surface area contributed by atoms with Crippen LogP contribution in [0.25, 0.3) is 66.4 Å². The van der Waals surface area contributed by atoms with Gasteiger partial charge in [-0.25, -0.2) is 0 Å². The molecule has 0 spiro atoms. The van der Waals surface area contributed by atoms with Crippen LogP contribution in [0.2, 0.25) is 0 Å². The first-order valence-electron chi connectivity index (χ1n) is 22.8. The number of fused-ring (bicyclic) bond motifs is 4. The lowest BCUT2D eigenvalue weighted by Crippen LogP contribution is -2.17. The zero-order valence-corrected chi connectivity index (χ0v) is 38.5. The van der Waals surface area contributed by atoms with Gasteiger partial charge in [0.15, 0.2) is 0 Å². The van der Waals surface area contributed by atoms with Crippen LogP contribution in [0.3, 0.4) is 0 Å². The van der Waals surface area contributed by atoms with Crippen molar-refractivity contribution in [3.63, 3.8) is 0 Å². The fraction of sp³-hybridized carbons (Fsp3) is 0.175. The van der Waals surface area contributed by atoms with E-state index in [0.29, 0.717) is 0 Å². The minimum atomic E-state index is -0.145. The van der Waals surface area contributed by atoms with Crippen molar-refractivity contribution >= 4 is 27.8 Å². The van der Waals surface area contributed by atoms with Crippen LogP contribution in [-0.4, -0.2) is 0 Å². The number of nitrogens with zero attached hydrogens (tertiary/aromatic N) is 1. The Labute approximate surface area is 380 Å². The Morgan fingerprint density at radius 1 is 0.344 bits per heavy atom. The van der Waals surface area contributed by atoms with E-state index >= 15 is 0 Å². The summed E-state index contributed by atoms with van der Waals surface area (Å²) in [5.74, 6) is 0. The second-order valence-corrected chi connectivity index (χ2v) is 20.3. The molecule has 64 heavy (non-hydrogen) atoms. The van der Waals surface area contributed by atoms with E-state index in [1.54, 1.807) is 0 Å². The van der Waals surface area contributed by atoms with Crippen LogP contribution in [0.1, 0.15) is 77.6 Å². The first-order valence-corrected chi connectivity index (χ1v) is 22.8. The highest BCUT2D eigenvalue weighted by Gasteiger charge is 2.36. The van der Waals surface area contributed by atoms with Gasteiger partial charge in [0, 0.05) is 22.4 Å². The van der Waals surface area contributed by atoms with Crippen LogP contribution in [0.4, 0.5) is 17.1 Å². The molecule has 9 aromatic rings. The maximum atomic E-state index is 2.49. The summed E-state index contributed by atoms with van der Waals surface area (Å²) in [5.41, 5.74) is 20.9. The molecule has 1 aliphatic rings. The number of hydrogen-bond acceptors (Lipinski definition) is 1. The van der Waals surface area contributed by atoms with Crippen LogP contribution < -0.4 is 4.90 Å². The lowest BCUT2D eigenvalue weighted by atomic mass is 9.80. The molecule has 1 nitrogen and oxygen atoms in total. The summed E-state index contributed by atoms with van der Waals surface area (Å²) in [6, 6.07) is 74.8. The van der Waals surface area contributed by atoms with Crippen LogP contribution >= 0.6 is 0 Å². The van der Waals surface area contributed by atoms with E-state index in [1.807, 2.05) is 0 Å². The number of hydrogen-bond donors (Lipinski definition) is 0. The molecule has 0 aliphatic heterocycles. The van der Waals surface area contributed by atoms with E-state index in [1.165, 1.54) is 88.7 Å². The van der Waals surface area contributed by atoms with Gasteiger partial charge in [0.2, 0.25) is 0 Å². The van der Waals surface area contributed by atoms with Gasteiger partial charge in [0.1, 0.15) is 0 Å². The summed E-state index contributed by atoms with van der Waals surface area (Å²) in [6.07, 6.45) is 0. The van der Waals surface area contributed by atoms with Crippen molar-refractivity contribution in [1.82, 2.24) is 0 Å². The second kappa shape index (κ2) is 15.7. The van der Waals surface area contributed by atoms with E-state index in [-0.39, 0.29) is 16.2 Å². The molecular weight excluding hydrogens is 771 g/mol. The molecule has 0 heterocycles. The number of rotatable bonds is 7. The van der Waals surface area contributed by atoms with Gasteiger partial charge < -0.3 is 4.90 Å². The summed E-state index contributed by atoms with van der Waals surface area (Å²) in [7, 11) is 0. The molecule has 0 saturated carbocycles. The van der Waals surface area contributed by atoms with Gasteiger partial charge in [-0.3, -0.25) is 0 Å². The third-order valence-electron chi connectivity index (χ3n) is 13.6. The molecule has 0 bridgehead atoms. The third kappa shape index (κ3) is 7.33. The third-order valence-corrected chi connectivity index (χ3v) is 13.6. The lowest BCUT2D eigenvalue weighted by molar-refractivity contribution is 0.589. The van der Waals surface area contributed by atoms with Crippen molar-refractivity contribution in [2.45, 2.75) is 71.6 Å². The molecule has 0 amide bonds. The summed E-state index contributed by atoms with van der Waals surface area (Å²) in [6.45, 7) is 18.7. The van der Waals surface area contributed by atoms with Crippen LogP contribution in [0.15, 0.2) is 200 Å². The van der Waals surface area contributed by atoms with Crippen molar-refractivity contribution in [2.75, 3.05) is 4.90 Å². The Hall–Kier alpha value is -6.96. The molecule has 0 fully saturated rings. The topological polar surface area (TPSA) is 3.24 Å². The Kier molecular flexibility index (Phi) is 10.1. The van der Waals surface area contributed by atoms with Gasteiger partial charge in [-0.2, -0.15) is 0 Å². The summed E-state index contributed by atoms with van der Waals surface area (Å²) < 4.78 is 0. The second-order valence-electron chi connectivity index (χ2n) is 20.3. The van der Waals surface area contributed by atoms with Gasteiger partial charge in [-0.15, -0.1) is 0 Å². The van der Waals surface area contributed by atoms with Crippen LogP contribution in [0, 0.1) is 0 Å². The molecule has 0 unspecified atom stereocenters. The number of para-hydroxylation sites is 1. The Morgan fingerprint density at radius 2 is 0.875 bits per heavy atom. The highest BCUT2D eigenvalue weighted by molar-refractivity contribution is 6.04. The maximum absolute atomic E-state index is 2.49. The van der Waals surface area contributed by atoms with Gasteiger partial charge in [0.25, 0.3) is 0 Å². The minimum Gasteiger partial charge on any atom is -0.310 e. The summed E-state index contributed by atoms with van der Waals surface area (Å²) >= 11 is 0. The Bertz CT molecular complexity index is 3170. The summed E-state index contributed by atoms with van der Waals surface area (Å²) in [4.78, 5) is 2.49. The molecule has 1 aliphatic carbocycles. The van der Waals surface area contributed by atoms with E-state index in [9.17, 15) is 0 Å². The molecule has 0 radical (unpaired) electrons. The van der Waals surface area contributed by atoms with Gasteiger partial charge in [0.05, 0.1) is 5.69 Å². The summed E-state index contributed by atoms with van der Waals surface area (Å²) in [5, 5.41) is 2.55. The first kappa shape index (κ1) is 41.1. The van der Waals surface area contributed by atoms with Gasteiger partial charge >= 0.3 is 0 Å². The number of benzene rings is 9. The molecule has 0 atom stereocenters. The van der Waals surface area contributed by atoms with Gasteiger partial charge in [-0.1, -0.05) is 213 Å². The van der Waals surface area contributed by atoms with Crippen molar-refractivity contribution < 1.29 is 0 Å². The molecule has 1 heteroatoms. The van der Waals surface area contributed by atoms with Crippen LogP contribution in [-0.2, 0) is 16.2 Å². The van der Waals surface area contributed by atoms with E-state index in [4.69, 9.17) is 0 Å². The van der Waals surface area contributed by atoms with Crippen molar-refractivity contribution in [3.05, 3.63) is 222 Å². The Balaban J connectivity index is 1.24. The quantitative estimate of drug-likeness (QED) is 0.155. The maximum Gasteiger partial charge on any atom is 0.0540 e. The molecule has 9 aromatic carbocycles. The first-order chi connectivity index (χ1) is 30.8. The lowest BCUT2D eigenvalue weighted by Gasteiger charge is -2.30. The Morgan fingerprint density at radius 3 is 1.56 bits per heavy atom. The molecule has 0 saturated heterocycles. The highest BCUT2D eigenvalue weighted by atomic mass is 15.1. The monoisotopic (exact) mass is 827 g/mol. The molecule has 10 rings (SSSR count). The minimum absolute atomic E-state index is 0.0336. The molecular formula is C63H57N. The van der Waals surface area contributed by atoms with Crippen molar-refractivity contribution in [3.8, 4) is 55.6 Å². The normalized spacial score (nSPS) is 13.1. The van der Waals surface area contributed by atoms with E-state index in [2.05, 4.69) is 260 Å². The predicted octanol–water partition coefficient (Wildman–Crippen LogP) is 17.9. The molecule has 0 N–H and O–H groups in total. The average Bonchev–Trinajstić information content (AvgIpc) is 3.54. The fourth-order valence-corrected chi connectivity index (χ4v) is 9.89. The predicted molar refractivity (Wildman–Crippen MR) is 275 cm³/mol. The van der Waals surface area contributed by atoms with Crippen molar-refractivity contribution in [1.29, 1.82) is 0 Å². The molecule has 0 aromatic heterocycles. The smallest absolute Gasteiger partial charge is 0.0540 e. The largest absolute Gasteiger partial charge is 0.310 e. The number of anilines is 3. The molecule has 314 valence electrons. The average molecular weight is 828 g/mol. The van der Waals surface area contributed by atoms with E-state index < -0.39 is 0 Å². The zero-order chi connectivity index (χ0) is 44.4. The van der Waals surface area contributed by atoms with E-state index in [0.717, 1.165) is 17.1 Å². The van der Waals surface area contributed by atoms with Crippen molar-refractivity contribution in [2.24, 2.45) is 0 Å². The van der Waals surface area contributed by atoms with Gasteiger partial charge in [-0.05, 0) is 136 Å².